The third-order valence-corrected chi connectivity index (χ3v) is 4.14. The zero-order valence-electron chi connectivity index (χ0n) is 11.1. The molecule has 0 amide bonds. The van der Waals surface area contributed by atoms with Crippen molar-refractivity contribution in [2.24, 2.45) is 0 Å². The molecule has 4 nitrogen and oxygen atoms in total. The van der Waals surface area contributed by atoms with Crippen LogP contribution in [0.1, 0.15) is 18.2 Å². The molecule has 0 radical (unpaired) electrons. The van der Waals surface area contributed by atoms with Crippen molar-refractivity contribution in [3.63, 3.8) is 0 Å². The number of hydrogen-bond donors (Lipinski definition) is 1. The molecule has 5 heteroatoms. The molecule has 102 valence electrons. The predicted octanol–water partition coefficient (Wildman–Crippen LogP) is 1.93. The molecule has 2 aromatic rings. The Kier molecular flexibility index (Phi) is 4.17. The first-order valence-electron chi connectivity index (χ1n) is 6.20. The molecule has 0 spiro atoms. The summed E-state index contributed by atoms with van der Waals surface area (Å²) in [5, 5.41) is 5.34. The van der Waals surface area contributed by atoms with Crippen LogP contribution < -0.4 is 5.32 Å². The van der Waals surface area contributed by atoms with E-state index in [2.05, 4.69) is 10.3 Å². The molecule has 1 aromatic heterocycles. The molecular weight excluding hydrogens is 260 g/mol. The van der Waals surface area contributed by atoms with Gasteiger partial charge in [0.05, 0.1) is 17.5 Å². The van der Waals surface area contributed by atoms with Gasteiger partial charge in [0.1, 0.15) is 9.84 Å². The molecule has 1 unspecified atom stereocenters. The first-order valence-corrected chi connectivity index (χ1v) is 8.26. The standard InChI is InChI=1S/C14H18N2O2S/c1-15-13(8-10-19(2,17)18)14-12-6-4-3-5-11(12)7-9-16-14/h3-7,9,13,15H,8,10H2,1-2H3. The van der Waals surface area contributed by atoms with E-state index in [1.807, 2.05) is 37.4 Å². The van der Waals surface area contributed by atoms with Crippen LogP contribution in [-0.2, 0) is 9.84 Å². The summed E-state index contributed by atoms with van der Waals surface area (Å²) in [5.74, 6) is 0.156. The van der Waals surface area contributed by atoms with Crippen molar-refractivity contribution in [3.05, 3.63) is 42.2 Å². The van der Waals surface area contributed by atoms with Gasteiger partial charge in [-0.3, -0.25) is 4.98 Å². The monoisotopic (exact) mass is 278 g/mol. The topological polar surface area (TPSA) is 59.1 Å². The fraction of sp³-hybridized carbons (Fsp3) is 0.357. The van der Waals surface area contributed by atoms with Gasteiger partial charge in [0, 0.05) is 17.8 Å². The zero-order valence-corrected chi connectivity index (χ0v) is 11.9. The summed E-state index contributed by atoms with van der Waals surface area (Å²) >= 11 is 0. The van der Waals surface area contributed by atoms with E-state index in [0.29, 0.717) is 6.42 Å². The third-order valence-electron chi connectivity index (χ3n) is 3.16. The lowest BCUT2D eigenvalue weighted by molar-refractivity contribution is 0.552. The number of pyridine rings is 1. The molecule has 1 aromatic carbocycles. The summed E-state index contributed by atoms with van der Waals surface area (Å²) in [7, 11) is -1.13. The van der Waals surface area contributed by atoms with Gasteiger partial charge < -0.3 is 5.32 Å². The minimum Gasteiger partial charge on any atom is -0.312 e. The SMILES string of the molecule is CNC(CCS(C)(=O)=O)c1nccc2ccccc12. The van der Waals surface area contributed by atoms with Crippen molar-refractivity contribution in [1.29, 1.82) is 0 Å². The molecule has 0 fully saturated rings. The van der Waals surface area contributed by atoms with E-state index in [1.54, 1.807) is 6.20 Å². The fourth-order valence-corrected chi connectivity index (χ4v) is 2.83. The van der Waals surface area contributed by atoms with E-state index >= 15 is 0 Å². The van der Waals surface area contributed by atoms with Crippen molar-refractivity contribution in [3.8, 4) is 0 Å². The van der Waals surface area contributed by atoms with Crippen LogP contribution in [0.4, 0.5) is 0 Å². The molecule has 19 heavy (non-hydrogen) atoms. The molecule has 0 aliphatic rings. The number of nitrogens with one attached hydrogen (secondary N) is 1. The van der Waals surface area contributed by atoms with E-state index in [9.17, 15) is 8.42 Å². The van der Waals surface area contributed by atoms with Crippen molar-refractivity contribution >= 4 is 20.6 Å². The van der Waals surface area contributed by atoms with E-state index in [4.69, 9.17) is 0 Å². The van der Waals surface area contributed by atoms with Crippen LogP contribution in [0.3, 0.4) is 0 Å². The lowest BCUT2D eigenvalue weighted by atomic mass is 10.0. The van der Waals surface area contributed by atoms with E-state index in [1.165, 1.54) is 6.26 Å². The van der Waals surface area contributed by atoms with Crippen molar-refractivity contribution in [2.45, 2.75) is 12.5 Å². The Morgan fingerprint density at radius 1 is 1.26 bits per heavy atom. The van der Waals surface area contributed by atoms with Crippen LogP contribution in [-0.4, -0.2) is 32.5 Å². The predicted molar refractivity (Wildman–Crippen MR) is 77.9 cm³/mol. The van der Waals surface area contributed by atoms with Gasteiger partial charge in [0.2, 0.25) is 0 Å². The molecule has 1 N–H and O–H groups in total. The number of aromatic nitrogens is 1. The summed E-state index contributed by atoms with van der Waals surface area (Å²) in [4.78, 5) is 4.42. The molecule has 1 heterocycles. The van der Waals surface area contributed by atoms with Crippen LogP contribution in [0.2, 0.25) is 0 Å². The molecule has 2 rings (SSSR count). The van der Waals surface area contributed by atoms with Crippen LogP contribution in [0.25, 0.3) is 10.8 Å². The maximum atomic E-state index is 11.3. The molecular formula is C14H18N2O2S. The third kappa shape index (κ3) is 3.52. The molecule has 0 aliphatic heterocycles. The number of benzene rings is 1. The molecule has 0 bridgehead atoms. The van der Waals surface area contributed by atoms with Gasteiger partial charge in [0.15, 0.2) is 0 Å². The zero-order chi connectivity index (χ0) is 13.9. The second-order valence-corrected chi connectivity index (χ2v) is 6.94. The van der Waals surface area contributed by atoms with Gasteiger partial charge in [-0.15, -0.1) is 0 Å². The Balaban J connectivity index is 2.35. The summed E-state index contributed by atoms with van der Waals surface area (Å²) in [6.45, 7) is 0. The van der Waals surface area contributed by atoms with Gasteiger partial charge in [0.25, 0.3) is 0 Å². The highest BCUT2D eigenvalue weighted by atomic mass is 32.2. The van der Waals surface area contributed by atoms with Crippen molar-refractivity contribution in [2.75, 3.05) is 19.1 Å². The van der Waals surface area contributed by atoms with Gasteiger partial charge in [-0.25, -0.2) is 8.42 Å². The number of nitrogens with zero attached hydrogens (tertiary/aromatic N) is 1. The largest absolute Gasteiger partial charge is 0.312 e. The minimum absolute atomic E-state index is 0.0548. The second-order valence-electron chi connectivity index (χ2n) is 4.68. The van der Waals surface area contributed by atoms with Gasteiger partial charge in [-0.1, -0.05) is 24.3 Å². The first kappa shape index (κ1) is 14.0. The molecule has 0 saturated carbocycles. The first-order chi connectivity index (χ1) is 9.01. The van der Waals surface area contributed by atoms with Crippen molar-refractivity contribution < 1.29 is 8.42 Å². The Bertz CT molecular complexity index is 663. The molecule has 1 atom stereocenters. The maximum Gasteiger partial charge on any atom is 0.147 e. The molecule has 0 aliphatic carbocycles. The smallest absolute Gasteiger partial charge is 0.147 e. The number of sulfone groups is 1. The summed E-state index contributed by atoms with van der Waals surface area (Å²) in [6, 6.07) is 9.91. The van der Waals surface area contributed by atoms with Crippen LogP contribution >= 0.6 is 0 Å². The van der Waals surface area contributed by atoms with Crippen LogP contribution in [0.15, 0.2) is 36.5 Å². The van der Waals surface area contributed by atoms with E-state index in [0.717, 1.165) is 16.5 Å². The summed E-state index contributed by atoms with van der Waals surface area (Å²) in [5.41, 5.74) is 0.907. The summed E-state index contributed by atoms with van der Waals surface area (Å²) < 4.78 is 22.6. The average Bonchev–Trinajstić information content (AvgIpc) is 2.38. The number of fused-ring (bicyclic) bond motifs is 1. The highest BCUT2D eigenvalue weighted by molar-refractivity contribution is 7.90. The lowest BCUT2D eigenvalue weighted by Crippen LogP contribution is -2.21. The van der Waals surface area contributed by atoms with Crippen LogP contribution in [0.5, 0.6) is 0 Å². The highest BCUT2D eigenvalue weighted by Crippen LogP contribution is 2.24. The fourth-order valence-electron chi connectivity index (χ4n) is 2.17. The molecule has 0 saturated heterocycles. The normalized spacial score (nSPS) is 13.6. The number of rotatable bonds is 5. The van der Waals surface area contributed by atoms with E-state index < -0.39 is 9.84 Å². The summed E-state index contributed by atoms with van der Waals surface area (Å²) in [6.07, 6.45) is 3.55. The Morgan fingerprint density at radius 2 is 2.00 bits per heavy atom. The van der Waals surface area contributed by atoms with Gasteiger partial charge in [-0.05, 0) is 24.9 Å². The number of hydrogen-bond acceptors (Lipinski definition) is 4. The Morgan fingerprint density at radius 3 is 2.68 bits per heavy atom. The Hall–Kier alpha value is -1.46. The second kappa shape index (κ2) is 5.67. The van der Waals surface area contributed by atoms with Crippen LogP contribution in [0, 0.1) is 0 Å². The van der Waals surface area contributed by atoms with E-state index in [-0.39, 0.29) is 11.8 Å². The van der Waals surface area contributed by atoms with Gasteiger partial charge >= 0.3 is 0 Å². The lowest BCUT2D eigenvalue weighted by Gasteiger charge is -2.17. The quantitative estimate of drug-likeness (QED) is 0.908. The minimum atomic E-state index is -2.96. The Labute approximate surface area is 113 Å². The average molecular weight is 278 g/mol. The highest BCUT2D eigenvalue weighted by Gasteiger charge is 2.16. The maximum absolute atomic E-state index is 11.3. The van der Waals surface area contributed by atoms with Crippen molar-refractivity contribution in [1.82, 2.24) is 10.3 Å². The van der Waals surface area contributed by atoms with Gasteiger partial charge in [-0.2, -0.15) is 0 Å².